The van der Waals surface area contributed by atoms with Crippen molar-refractivity contribution in [2.75, 3.05) is 0 Å². The molecule has 1 N–H and O–H groups in total. The smallest absolute Gasteiger partial charge is 0.0540 e. The van der Waals surface area contributed by atoms with Gasteiger partial charge in [-0.1, -0.05) is 64.2 Å². The Morgan fingerprint density at radius 1 is 0.667 bits per heavy atom. The van der Waals surface area contributed by atoms with Crippen molar-refractivity contribution in [3.8, 4) is 0 Å². The van der Waals surface area contributed by atoms with Gasteiger partial charge in [0.1, 0.15) is 0 Å². The molecule has 0 spiro atoms. The van der Waals surface area contributed by atoms with Crippen molar-refractivity contribution in [1.82, 2.24) is 0 Å². The molecule has 1 nitrogen and oxygen atoms in total. The number of hydrogen-bond acceptors (Lipinski definition) is 1. The van der Waals surface area contributed by atoms with Gasteiger partial charge in [0.05, 0.1) is 6.10 Å². The molecular formula is C14H27O. The Morgan fingerprint density at radius 3 is 1.80 bits per heavy atom. The summed E-state index contributed by atoms with van der Waals surface area (Å²) >= 11 is 0. The van der Waals surface area contributed by atoms with Gasteiger partial charge in [-0.2, -0.15) is 0 Å². The highest BCUT2D eigenvalue weighted by molar-refractivity contribution is 4.66. The topological polar surface area (TPSA) is 20.2 Å². The summed E-state index contributed by atoms with van der Waals surface area (Å²) in [5, 5.41) is 9.71. The highest BCUT2D eigenvalue weighted by Crippen LogP contribution is 2.16. The summed E-state index contributed by atoms with van der Waals surface area (Å²) in [5.74, 6) is 0. The Morgan fingerprint density at radius 2 is 1.13 bits per heavy atom. The fourth-order valence-corrected chi connectivity index (χ4v) is 2.33. The number of rotatable bonds is 0. The molecule has 1 fully saturated rings. The van der Waals surface area contributed by atoms with Crippen LogP contribution in [0.5, 0.6) is 0 Å². The van der Waals surface area contributed by atoms with E-state index in [2.05, 4.69) is 6.42 Å². The summed E-state index contributed by atoms with van der Waals surface area (Å²) < 4.78 is 0. The molecular weight excluding hydrogens is 184 g/mol. The second-order valence-corrected chi connectivity index (χ2v) is 4.93. The van der Waals surface area contributed by atoms with Gasteiger partial charge in [-0.15, -0.1) is 0 Å². The molecule has 1 rings (SSSR count). The van der Waals surface area contributed by atoms with E-state index in [0.29, 0.717) is 0 Å². The zero-order chi connectivity index (χ0) is 10.8. The van der Waals surface area contributed by atoms with Crippen molar-refractivity contribution in [1.29, 1.82) is 0 Å². The molecule has 0 aromatic rings. The quantitative estimate of drug-likeness (QED) is 0.635. The van der Waals surface area contributed by atoms with E-state index in [0.717, 1.165) is 12.8 Å². The molecule has 1 saturated carbocycles. The summed E-state index contributed by atoms with van der Waals surface area (Å²) in [5.41, 5.74) is 0. The van der Waals surface area contributed by atoms with Gasteiger partial charge in [-0.3, -0.25) is 0 Å². The molecule has 89 valence electrons. The largest absolute Gasteiger partial charge is 0.393 e. The third-order valence-corrected chi connectivity index (χ3v) is 3.39. The van der Waals surface area contributed by atoms with E-state index in [1.807, 2.05) is 0 Å². The van der Waals surface area contributed by atoms with Crippen LogP contribution in [0.25, 0.3) is 0 Å². The van der Waals surface area contributed by atoms with E-state index in [4.69, 9.17) is 0 Å². The van der Waals surface area contributed by atoms with Crippen molar-refractivity contribution in [3.05, 3.63) is 6.42 Å². The first-order valence-electron chi connectivity index (χ1n) is 6.89. The van der Waals surface area contributed by atoms with E-state index in [-0.39, 0.29) is 6.10 Å². The average Bonchev–Trinajstić information content (AvgIpc) is 2.24. The maximum atomic E-state index is 9.71. The molecule has 1 unspecified atom stereocenters. The van der Waals surface area contributed by atoms with Crippen LogP contribution in [0.3, 0.4) is 0 Å². The van der Waals surface area contributed by atoms with Gasteiger partial charge in [-0.25, -0.2) is 0 Å². The summed E-state index contributed by atoms with van der Waals surface area (Å²) in [4.78, 5) is 0. The maximum Gasteiger partial charge on any atom is 0.0540 e. The Bertz CT molecular complexity index is 119. The van der Waals surface area contributed by atoms with Crippen LogP contribution in [0, 0.1) is 6.42 Å². The molecule has 0 amide bonds. The molecule has 1 aliphatic carbocycles. The number of aliphatic hydroxyl groups is 1. The fourth-order valence-electron chi connectivity index (χ4n) is 2.33. The minimum atomic E-state index is -0.0167. The van der Waals surface area contributed by atoms with Crippen LogP contribution in [-0.4, -0.2) is 11.2 Å². The Labute approximate surface area is 95.3 Å². The van der Waals surface area contributed by atoms with Crippen LogP contribution in [0.2, 0.25) is 0 Å². The van der Waals surface area contributed by atoms with Gasteiger partial charge >= 0.3 is 0 Å². The SMILES string of the molecule is OC1CCCCC[CH]CCCCCCC1. The summed E-state index contributed by atoms with van der Waals surface area (Å²) in [6.07, 6.45) is 17.6. The summed E-state index contributed by atoms with van der Waals surface area (Å²) in [7, 11) is 0. The standard InChI is InChI=1S/C14H27O/c15-14-12-10-8-6-4-2-1-3-5-7-9-11-13-14/h2,14-15H,1,3-13H2. The van der Waals surface area contributed by atoms with Crippen molar-refractivity contribution < 1.29 is 5.11 Å². The van der Waals surface area contributed by atoms with Gasteiger partial charge in [0, 0.05) is 0 Å². The van der Waals surface area contributed by atoms with E-state index < -0.39 is 0 Å². The normalized spacial score (nSPS) is 24.6. The third kappa shape index (κ3) is 7.84. The van der Waals surface area contributed by atoms with E-state index in [1.54, 1.807) is 0 Å². The Hall–Kier alpha value is -0.0400. The zero-order valence-electron chi connectivity index (χ0n) is 10.1. The minimum Gasteiger partial charge on any atom is -0.393 e. The molecule has 1 aliphatic rings. The van der Waals surface area contributed by atoms with E-state index in [1.165, 1.54) is 64.2 Å². The van der Waals surface area contributed by atoms with Gasteiger partial charge in [-0.05, 0) is 19.3 Å². The lowest BCUT2D eigenvalue weighted by atomic mass is 10.00. The monoisotopic (exact) mass is 211 g/mol. The maximum absolute atomic E-state index is 9.71. The van der Waals surface area contributed by atoms with Crippen LogP contribution in [0.4, 0.5) is 0 Å². The summed E-state index contributed by atoms with van der Waals surface area (Å²) in [6, 6.07) is 0. The molecule has 0 bridgehead atoms. The first-order valence-corrected chi connectivity index (χ1v) is 6.89. The second-order valence-electron chi connectivity index (χ2n) is 4.93. The minimum absolute atomic E-state index is 0.0167. The summed E-state index contributed by atoms with van der Waals surface area (Å²) in [6.45, 7) is 0. The first-order chi connectivity index (χ1) is 7.39. The van der Waals surface area contributed by atoms with Crippen LogP contribution in [0.1, 0.15) is 77.0 Å². The lowest BCUT2D eigenvalue weighted by Crippen LogP contribution is -2.06. The van der Waals surface area contributed by atoms with Crippen molar-refractivity contribution >= 4 is 0 Å². The molecule has 0 aliphatic heterocycles. The first kappa shape index (κ1) is 13.0. The van der Waals surface area contributed by atoms with Crippen LogP contribution in [-0.2, 0) is 0 Å². The third-order valence-electron chi connectivity index (χ3n) is 3.39. The van der Waals surface area contributed by atoms with Gasteiger partial charge < -0.3 is 5.11 Å². The number of aliphatic hydroxyl groups excluding tert-OH is 1. The molecule has 0 heterocycles. The molecule has 1 radical (unpaired) electrons. The second kappa shape index (κ2) is 9.21. The highest BCUT2D eigenvalue weighted by atomic mass is 16.3. The van der Waals surface area contributed by atoms with Gasteiger partial charge in [0.25, 0.3) is 0 Å². The van der Waals surface area contributed by atoms with E-state index in [9.17, 15) is 5.11 Å². The van der Waals surface area contributed by atoms with Crippen molar-refractivity contribution in [3.63, 3.8) is 0 Å². The van der Waals surface area contributed by atoms with Crippen molar-refractivity contribution in [2.24, 2.45) is 0 Å². The molecule has 1 heteroatoms. The predicted molar refractivity (Wildman–Crippen MR) is 65.7 cm³/mol. The zero-order valence-corrected chi connectivity index (χ0v) is 10.1. The molecule has 15 heavy (non-hydrogen) atoms. The molecule has 0 aromatic heterocycles. The van der Waals surface area contributed by atoms with Crippen LogP contribution >= 0.6 is 0 Å². The molecule has 1 atom stereocenters. The molecule has 0 aromatic carbocycles. The van der Waals surface area contributed by atoms with Gasteiger partial charge in [0.15, 0.2) is 0 Å². The highest BCUT2D eigenvalue weighted by Gasteiger charge is 2.04. The van der Waals surface area contributed by atoms with Gasteiger partial charge in [0.2, 0.25) is 0 Å². The lowest BCUT2D eigenvalue weighted by Gasteiger charge is -2.11. The predicted octanol–water partition coefficient (Wildman–Crippen LogP) is 4.25. The lowest BCUT2D eigenvalue weighted by molar-refractivity contribution is 0.147. The van der Waals surface area contributed by atoms with Crippen molar-refractivity contribution in [2.45, 2.75) is 83.2 Å². The Balaban J connectivity index is 2.10. The average molecular weight is 211 g/mol. The Kier molecular flexibility index (Phi) is 7.99. The fraction of sp³-hybridized carbons (Fsp3) is 0.929. The van der Waals surface area contributed by atoms with Crippen LogP contribution in [0.15, 0.2) is 0 Å². The number of hydrogen-bond donors (Lipinski definition) is 1. The molecule has 0 saturated heterocycles. The van der Waals surface area contributed by atoms with E-state index >= 15 is 0 Å². The van der Waals surface area contributed by atoms with Crippen LogP contribution < -0.4 is 0 Å².